The highest BCUT2D eigenvalue weighted by Gasteiger charge is 2.17. The molecule has 0 aliphatic rings. The maximum atomic E-state index is 10.9. The van der Waals surface area contributed by atoms with Crippen LogP contribution in [0, 0.1) is 10.1 Å². The van der Waals surface area contributed by atoms with Gasteiger partial charge in [-0.15, -0.1) is 11.3 Å². The zero-order valence-corrected chi connectivity index (χ0v) is 11.8. The van der Waals surface area contributed by atoms with Gasteiger partial charge in [0.05, 0.1) is 12.0 Å². The normalized spacial score (nSPS) is 10.1. The van der Waals surface area contributed by atoms with Crippen molar-refractivity contribution in [3.8, 4) is 11.5 Å². The molecule has 0 unspecified atom stereocenters. The fourth-order valence-electron chi connectivity index (χ4n) is 1.70. The molecular weight excluding hydrogens is 298 g/mol. The van der Waals surface area contributed by atoms with E-state index in [0.717, 1.165) is 11.3 Å². The molecule has 21 heavy (non-hydrogen) atoms. The van der Waals surface area contributed by atoms with Gasteiger partial charge in [0.2, 0.25) is 0 Å². The lowest BCUT2D eigenvalue weighted by atomic mass is 10.2. The SMILES string of the molecule is COc1ccc(COc2ccsc2C(=O)O)cc1[N+](=O)[O-]. The third-order valence-electron chi connectivity index (χ3n) is 2.66. The minimum atomic E-state index is -1.07. The Bertz CT molecular complexity index is 681. The van der Waals surface area contributed by atoms with Crippen molar-refractivity contribution in [2.24, 2.45) is 0 Å². The first-order valence-corrected chi connectivity index (χ1v) is 6.65. The van der Waals surface area contributed by atoms with E-state index in [1.807, 2.05) is 0 Å². The van der Waals surface area contributed by atoms with Crippen molar-refractivity contribution >= 4 is 23.0 Å². The first kappa shape index (κ1) is 14.8. The number of nitrogens with zero attached hydrogens (tertiary/aromatic N) is 1. The van der Waals surface area contributed by atoms with Crippen LogP contribution in [0.5, 0.6) is 11.5 Å². The van der Waals surface area contributed by atoms with Crippen LogP contribution >= 0.6 is 11.3 Å². The number of hydrogen-bond donors (Lipinski definition) is 1. The van der Waals surface area contributed by atoms with Crippen molar-refractivity contribution in [2.75, 3.05) is 7.11 Å². The highest BCUT2D eigenvalue weighted by molar-refractivity contribution is 7.12. The van der Waals surface area contributed by atoms with Crippen molar-refractivity contribution in [3.63, 3.8) is 0 Å². The third-order valence-corrected chi connectivity index (χ3v) is 3.54. The van der Waals surface area contributed by atoms with Crippen LogP contribution < -0.4 is 9.47 Å². The largest absolute Gasteiger partial charge is 0.490 e. The summed E-state index contributed by atoms with van der Waals surface area (Å²) in [6.07, 6.45) is 0. The lowest BCUT2D eigenvalue weighted by Gasteiger charge is -2.07. The number of carbonyl (C=O) groups is 1. The van der Waals surface area contributed by atoms with E-state index < -0.39 is 10.9 Å². The summed E-state index contributed by atoms with van der Waals surface area (Å²) < 4.78 is 10.3. The van der Waals surface area contributed by atoms with E-state index in [2.05, 4.69) is 0 Å². The molecule has 0 bridgehead atoms. The highest BCUT2D eigenvalue weighted by atomic mass is 32.1. The van der Waals surface area contributed by atoms with Crippen LogP contribution in [0.2, 0.25) is 0 Å². The topological polar surface area (TPSA) is 98.9 Å². The van der Waals surface area contributed by atoms with Crippen molar-refractivity contribution < 1.29 is 24.3 Å². The number of carboxylic acid groups (broad SMARTS) is 1. The van der Waals surface area contributed by atoms with E-state index in [-0.39, 0.29) is 28.7 Å². The van der Waals surface area contributed by atoms with Crippen LogP contribution in [0.3, 0.4) is 0 Å². The van der Waals surface area contributed by atoms with E-state index in [1.54, 1.807) is 17.5 Å². The van der Waals surface area contributed by atoms with Gasteiger partial charge in [-0.2, -0.15) is 0 Å². The summed E-state index contributed by atoms with van der Waals surface area (Å²) in [4.78, 5) is 21.4. The van der Waals surface area contributed by atoms with Crippen LogP contribution in [-0.4, -0.2) is 23.1 Å². The lowest BCUT2D eigenvalue weighted by molar-refractivity contribution is -0.385. The van der Waals surface area contributed by atoms with E-state index in [4.69, 9.17) is 14.6 Å². The second-order valence-corrected chi connectivity index (χ2v) is 4.89. The molecule has 0 atom stereocenters. The fourth-order valence-corrected chi connectivity index (χ4v) is 2.37. The zero-order chi connectivity index (χ0) is 15.4. The summed E-state index contributed by atoms with van der Waals surface area (Å²) in [7, 11) is 1.35. The van der Waals surface area contributed by atoms with Crippen LogP contribution in [0.25, 0.3) is 0 Å². The maximum Gasteiger partial charge on any atom is 0.349 e. The Morgan fingerprint density at radius 3 is 2.76 bits per heavy atom. The fraction of sp³-hybridized carbons (Fsp3) is 0.154. The Morgan fingerprint density at radius 1 is 1.38 bits per heavy atom. The smallest absolute Gasteiger partial charge is 0.349 e. The predicted octanol–water partition coefficient (Wildman–Crippen LogP) is 2.94. The summed E-state index contributed by atoms with van der Waals surface area (Å²) in [5.74, 6) is -0.669. The van der Waals surface area contributed by atoms with E-state index in [0.29, 0.717) is 5.56 Å². The van der Waals surface area contributed by atoms with Crippen LogP contribution in [0.4, 0.5) is 5.69 Å². The number of nitro benzene ring substituents is 1. The number of ether oxygens (including phenoxy) is 2. The molecule has 2 rings (SSSR count). The Hall–Kier alpha value is -2.61. The van der Waals surface area contributed by atoms with Crippen LogP contribution in [0.15, 0.2) is 29.6 Å². The van der Waals surface area contributed by atoms with Crippen molar-refractivity contribution in [1.82, 2.24) is 0 Å². The molecule has 0 fully saturated rings. The number of methoxy groups -OCH3 is 1. The van der Waals surface area contributed by atoms with Gasteiger partial charge < -0.3 is 14.6 Å². The Kier molecular flexibility index (Phi) is 4.39. The summed E-state index contributed by atoms with van der Waals surface area (Å²) >= 11 is 1.05. The predicted molar refractivity (Wildman–Crippen MR) is 75.3 cm³/mol. The van der Waals surface area contributed by atoms with Gasteiger partial charge in [0, 0.05) is 6.07 Å². The number of nitro groups is 1. The molecule has 1 N–H and O–H groups in total. The second kappa shape index (κ2) is 6.23. The molecule has 0 amide bonds. The van der Waals surface area contributed by atoms with Gasteiger partial charge in [-0.1, -0.05) is 6.07 Å². The van der Waals surface area contributed by atoms with Gasteiger partial charge >= 0.3 is 11.7 Å². The van der Waals surface area contributed by atoms with E-state index >= 15 is 0 Å². The highest BCUT2D eigenvalue weighted by Crippen LogP contribution is 2.29. The van der Waals surface area contributed by atoms with E-state index in [1.165, 1.54) is 19.2 Å². The van der Waals surface area contributed by atoms with Gasteiger partial charge in [0.25, 0.3) is 0 Å². The Morgan fingerprint density at radius 2 is 2.14 bits per heavy atom. The van der Waals surface area contributed by atoms with Gasteiger partial charge in [0.15, 0.2) is 10.6 Å². The van der Waals surface area contributed by atoms with Crippen molar-refractivity contribution in [3.05, 3.63) is 50.2 Å². The Labute approximate surface area is 123 Å². The molecule has 1 aromatic carbocycles. The molecule has 0 radical (unpaired) electrons. The summed E-state index contributed by atoms with van der Waals surface area (Å²) in [6, 6.07) is 5.99. The molecule has 2 aromatic rings. The zero-order valence-electron chi connectivity index (χ0n) is 10.9. The summed E-state index contributed by atoms with van der Waals surface area (Å²) in [6.45, 7) is 0.0296. The number of hydrogen-bond acceptors (Lipinski definition) is 6. The number of rotatable bonds is 6. The quantitative estimate of drug-likeness (QED) is 0.650. The first-order valence-electron chi connectivity index (χ1n) is 5.78. The standard InChI is InChI=1S/C13H11NO6S/c1-19-10-3-2-8(6-9(10)14(17)18)7-20-11-4-5-21-12(11)13(15)16/h2-6H,7H2,1H3,(H,15,16). The molecule has 0 aliphatic carbocycles. The first-order chi connectivity index (χ1) is 10.0. The van der Waals surface area contributed by atoms with E-state index in [9.17, 15) is 14.9 Å². The Balaban J connectivity index is 2.17. The van der Waals surface area contributed by atoms with Gasteiger partial charge in [-0.05, 0) is 23.1 Å². The molecule has 0 saturated carbocycles. The number of aromatic carboxylic acids is 1. The molecule has 1 heterocycles. The molecule has 1 aromatic heterocycles. The number of carboxylic acids is 1. The molecule has 8 heteroatoms. The molecule has 7 nitrogen and oxygen atoms in total. The molecule has 0 spiro atoms. The van der Waals surface area contributed by atoms with Crippen LogP contribution in [0.1, 0.15) is 15.2 Å². The summed E-state index contributed by atoms with van der Waals surface area (Å²) in [5.41, 5.74) is 0.382. The second-order valence-electron chi connectivity index (χ2n) is 3.97. The molecule has 110 valence electrons. The monoisotopic (exact) mass is 309 g/mol. The average molecular weight is 309 g/mol. The molecular formula is C13H11NO6S. The van der Waals surface area contributed by atoms with Crippen LogP contribution in [-0.2, 0) is 6.61 Å². The van der Waals surface area contributed by atoms with Gasteiger partial charge in [0.1, 0.15) is 12.4 Å². The maximum absolute atomic E-state index is 10.9. The molecule has 0 saturated heterocycles. The lowest BCUT2D eigenvalue weighted by Crippen LogP contribution is -2.01. The minimum Gasteiger partial charge on any atom is -0.490 e. The number of benzene rings is 1. The van der Waals surface area contributed by atoms with Crippen molar-refractivity contribution in [2.45, 2.75) is 6.61 Å². The minimum absolute atomic E-state index is 0.0296. The molecule has 0 aliphatic heterocycles. The van der Waals surface area contributed by atoms with Gasteiger partial charge in [-0.25, -0.2) is 4.79 Å². The number of thiophene rings is 1. The van der Waals surface area contributed by atoms with Crippen molar-refractivity contribution in [1.29, 1.82) is 0 Å². The van der Waals surface area contributed by atoms with Gasteiger partial charge in [-0.3, -0.25) is 10.1 Å². The average Bonchev–Trinajstić information content (AvgIpc) is 2.93. The third kappa shape index (κ3) is 3.29. The summed E-state index contributed by atoms with van der Waals surface area (Å²) in [5, 5.41) is 21.5.